The van der Waals surface area contributed by atoms with Gasteiger partial charge < -0.3 is 9.15 Å². The molecule has 2 aromatic rings. The number of likely N-dealkylation sites (tertiary alicyclic amines) is 1. The van der Waals surface area contributed by atoms with Gasteiger partial charge in [-0.15, -0.1) is 10.2 Å². The number of benzene rings is 1. The third-order valence-corrected chi connectivity index (χ3v) is 4.60. The zero-order chi connectivity index (χ0) is 15.5. The van der Waals surface area contributed by atoms with Crippen molar-refractivity contribution in [3.05, 3.63) is 42.1 Å². The molecule has 5 nitrogen and oxygen atoms in total. The largest absolute Gasteiger partial charge is 0.493 e. The average Bonchev–Trinajstić information content (AvgIpc) is 3.34. The highest BCUT2D eigenvalue weighted by atomic mass is 16.5. The number of rotatable bonds is 6. The van der Waals surface area contributed by atoms with Gasteiger partial charge in [0.05, 0.1) is 13.2 Å². The Morgan fingerprint density at radius 3 is 2.83 bits per heavy atom. The molecule has 5 heteroatoms. The van der Waals surface area contributed by atoms with E-state index in [1.807, 2.05) is 30.3 Å². The zero-order valence-corrected chi connectivity index (χ0v) is 13.4. The molecule has 1 saturated heterocycles. The van der Waals surface area contributed by atoms with Crippen LogP contribution in [0.15, 0.2) is 34.7 Å². The van der Waals surface area contributed by atoms with E-state index in [2.05, 4.69) is 15.1 Å². The predicted octanol–water partition coefficient (Wildman–Crippen LogP) is 3.24. The van der Waals surface area contributed by atoms with Crippen molar-refractivity contribution in [2.45, 2.75) is 38.1 Å². The van der Waals surface area contributed by atoms with Gasteiger partial charge in [-0.2, -0.15) is 0 Å². The van der Waals surface area contributed by atoms with Crippen LogP contribution >= 0.6 is 0 Å². The van der Waals surface area contributed by atoms with Crippen LogP contribution in [0, 0.1) is 5.92 Å². The van der Waals surface area contributed by atoms with Gasteiger partial charge >= 0.3 is 0 Å². The molecule has 2 aliphatic rings. The first-order valence-corrected chi connectivity index (χ1v) is 8.59. The minimum atomic E-state index is 0.532. The fourth-order valence-electron chi connectivity index (χ4n) is 3.18. The van der Waals surface area contributed by atoms with Crippen molar-refractivity contribution in [2.24, 2.45) is 5.92 Å². The van der Waals surface area contributed by atoms with Gasteiger partial charge in [-0.3, -0.25) is 4.90 Å². The second kappa shape index (κ2) is 6.71. The summed E-state index contributed by atoms with van der Waals surface area (Å²) < 4.78 is 11.7. The predicted molar refractivity (Wildman–Crippen MR) is 86.2 cm³/mol. The topological polar surface area (TPSA) is 51.4 Å². The van der Waals surface area contributed by atoms with E-state index < -0.39 is 0 Å². The summed E-state index contributed by atoms with van der Waals surface area (Å²) in [4.78, 5) is 2.41. The van der Waals surface area contributed by atoms with Crippen molar-refractivity contribution >= 4 is 0 Å². The van der Waals surface area contributed by atoms with E-state index in [9.17, 15) is 0 Å². The number of ether oxygens (including phenoxy) is 1. The van der Waals surface area contributed by atoms with Gasteiger partial charge in [-0.25, -0.2) is 0 Å². The van der Waals surface area contributed by atoms with Gasteiger partial charge in [-0.05, 0) is 44.4 Å². The SMILES string of the molecule is c1ccc(OC[C@H]2CCCN(Cc3nnc(C4CC4)o3)C2)cc1. The molecule has 0 amide bonds. The molecule has 1 saturated carbocycles. The summed E-state index contributed by atoms with van der Waals surface area (Å²) >= 11 is 0. The lowest BCUT2D eigenvalue weighted by Crippen LogP contribution is -2.37. The van der Waals surface area contributed by atoms with Crippen molar-refractivity contribution in [2.75, 3.05) is 19.7 Å². The monoisotopic (exact) mass is 313 g/mol. The van der Waals surface area contributed by atoms with Crippen molar-refractivity contribution in [1.82, 2.24) is 15.1 Å². The Labute approximate surface area is 136 Å². The molecule has 2 fully saturated rings. The first-order chi connectivity index (χ1) is 11.4. The second-order valence-corrected chi connectivity index (χ2v) is 6.68. The molecule has 0 bridgehead atoms. The third kappa shape index (κ3) is 3.91. The van der Waals surface area contributed by atoms with Crippen molar-refractivity contribution < 1.29 is 9.15 Å². The second-order valence-electron chi connectivity index (χ2n) is 6.68. The van der Waals surface area contributed by atoms with Gasteiger partial charge in [0.15, 0.2) is 0 Å². The van der Waals surface area contributed by atoms with E-state index in [0.29, 0.717) is 11.8 Å². The Kier molecular flexibility index (Phi) is 4.28. The Hall–Kier alpha value is -1.88. The molecule has 1 aliphatic carbocycles. The minimum absolute atomic E-state index is 0.532. The normalized spacial score (nSPS) is 22.2. The Balaban J connectivity index is 1.28. The van der Waals surface area contributed by atoms with Crippen molar-refractivity contribution in [1.29, 1.82) is 0 Å². The maximum Gasteiger partial charge on any atom is 0.230 e. The molecule has 2 heterocycles. The van der Waals surface area contributed by atoms with Gasteiger partial charge in [-0.1, -0.05) is 18.2 Å². The molecular weight excluding hydrogens is 290 g/mol. The molecule has 23 heavy (non-hydrogen) atoms. The average molecular weight is 313 g/mol. The van der Waals surface area contributed by atoms with E-state index >= 15 is 0 Å². The quantitative estimate of drug-likeness (QED) is 0.819. The summed E-state index contributed by atoms with van der Waals surface area (Å²) in [6.07, 6.45) is 4.82. The fourth-order valence-corrected chi connectivity index (χ4v) is 3.18. The zero-order valence-electron chi connectivity index (χ0n) is 13.4. The van der Waals surface area contributed by atoms with E-state index in [-0.39, 0.29) is 0 Å². The third-order valence-electron chi connectivity index (χ3n) is 4.60. The van der Waals surface area contributed by atoms with Gasteiger partial charge in [0.25, 0.3) is 0 Å². The first kappa shape index (κ1) is 14.7. The molecular formula is C18H23N3O2. The number of aromatic nitrogens is 2. The number of hydrogen-bond donors (Lipinski definition) is 0. The number of piperidine rings is 1. The maximum absolute atomic E-state index is 5.91. The molecule has 0 N–H and O–H groups in total. The lowest BCUT2D eigenvalue weighted by molar-refractivity contribution is 0.117. The van der Waals surface area contributed by atoms with Gasteiger partial charge in [0.2, 0.25) is 11.8 Å². The van der Waals surface area contributed by atoms with Crippen LogP contribution < -0.4 is 4.74 Å². The summed E-state index contributed by atoms with van der Waals surface area (Å²) in [6, 6.07) is 10.1. The molecule has 1 aromatic carbocycles. The smallest absolute Gasteiger partial charge is 0.230 e. The summed E-state index contributed by atoms with van der Waals surface area (Å²) in [5, 5.41) is 8.37. The van der Waals surface area contributed by atoms with Crippen LogP contribution in [0.5, 0.6) is 5.75 Å². The Morgan fingerprint density at radius 1 is 1.13 bits per heavy atom. The number of hydrogen-bond acceptors (Lipinski definition) is 5. The lowest BCUT2D eigenvalue weighted by atomic mass is 9.99. The Bertz CT molecular complexity index is 624. The first-order valence-electron chi connectivity index (χ1n) is 8.59. The molecule has 1 atom stereocenters. The van der Waals surface area contributed by atoms with Crippen molar-refractivity contribution in [3.8, 4) is 5.75 Å². The molecule has 122 valence electrons. The van der Waals surface area contributed by atoms with E-state index in [0.717, 1.165) is 43.8 Å². The number of nitrogens with zero attached hydrogens (tertiary/aromatic N) is 3. The molecule has 1 aromatic heterocycles. The van der Waals surface area contributed by atoms with Crippen LogP contribution in [0.3, 0.4) is 0 Å². The summed E-state index contributed by atoms with van der Waals surface area (Å²) in [5.74, 6) is 3.65. The molecule has 1 aliphatic heterocycles. The van der Waals surface area contributed by atoms with E-state index in [4.69, 9.17) is 9.15 Å². The van der Waals surface area contributed by atoms with Crippen LogP contribution in [-0.4, -0.2) is 34.8 Å². The van der Waals surface area contributed by atoms with Gasteiger partial charge in [0.1, 0.15) is 5.75 Å². The van der Waals surface area contributed by atoms with Crippen LogP contribution in [0.25, 0.3) is 0 Å². The summed E-state index contributed by atoms with van der Waals surface area (Å²) in [7, 11) is 0. The maximum atomic E-state index is 5.91. The molecule has 0 radical (unpaired) electrons. The fraction of sp³-hybridized carbons (Fsp3) is 0.556. The molecule has 0 unspecified atom stereocenters. The van der Waals surface area contributed by atoms with Gasteiger partial charge in [0, 0.05) is 18.4 Å². The van der Waals surface area contributed by atoms with Crippen LogP contribution in [-0.2, 0) is 6.54 Å². The standard InChI is InChI=1S/C18H23N3O2/c1-2-6-16(7-3-1)22-13-14-5-4-10-21(11-14)12-17-19-20-18(23-17)15-8-9-15/h1-3,6-7,14-15H,4-5,8-13H2/t14-/m0/s1. The van der Waals surface area contributed by atoms with E-state index in [1.165, 1.54) is 25.7 Å². The number of para-hydroxylation sites is 1. The van der Waals surface area contributed by atoms with E-state index in [1.54, 1.807) is 0 Å². The van der Waals surface area contributed by atoms with Crippen LogP contribution in [0.4, 0.5) is 0 Å². The van der Waals surface area contributed by atoms with Crippen molar-refractivity contribution in [3.63, 3.8) is 0 Å². The molecule has 4 rings (SSSR count). The Morgan fingerprint density at radius 2 is 2.00 bits per heavy atom. The highest BCUT2D eigenvalue weighted by Crippen LogP contribution is 2.39. The lowest BCUT2D eigenvalue weighted by Gasteiger charge is -2.31. The summed E-state index contributed by atoms with van der Waals surface area (Å²) in [6.45, 7) is 3.68. The molecule has 0 spiro atoms. The van der Waals surface area contributed by atoms with Crippen LogP contribution in [0.2, 0.25) is 0 Å². The summed E-state index contributed by atoms with van der Waals surface area (Å²) in [5.41, 5.74) is 0. The highest BCUT2D eigenvalue weighted by Gasteiger charge is 2.30. The van der Waals surface area contributed by atoms with Crippen LogP contribution in [0.1, 0.15) is 43.4 Å². The highest BCUT2D eigenvalue weighted by molar-refractivity contribution is 5.20. The minimum Gasteiger partial charge on any atom is -0.493 e.